The third-order valence-corrected chi connectivity index (χ3v) is 7.95. The quantitative estimate of drug-likeness (QED) is 0.460. The van der Waals surface area contributed by atoms with E-state index in [0.717, 1.165) is 69.2 Å². The van der Waals surface area contributed by atoms with Crippen LogP contribution in [0, 0.1) is 11.3 Å². The van der Waals surface area contributed by atoms with E-state index in [1.807, 2.05) is 29.4 Å². The van der Waals surface area contributed by atoms with Crippen molar-refractivity contribution in [2.75, 3.05) is 46.2 Å². The molecule has 0 unspecified atom stereocenters. The Morgan fingerprint density at radius 3 is 2.50 bits per heavy atom. The maximum Gasteiger partial charge on any atom is 0.257 e. The first kappa shape index (κ1) is 24.9. The molecule has 5 nitrogen and oxygen atoms in total. The summed E-state index contributed by atoms with van der Waals surface area (Å²) in [6.07, 6.45) is 5.39. The summed E-state index contributed by atoms with van der Waals surface area (Å²) in [5.41, 5.74) is 2.18. The zero-order chi connectivity index (χ0) is 24.1. The van der Waals surface area contributed by atoms with Crippen molar-refractivity contribution in [2.45, 2.75) is 44.6 Å². The molecule has 0 saturated carbocycles. The van der Waals surface area contributed by atoms with Crippen molar-refractivity contribution in [3.63, 3.8) is 0 Å². The van der Waals surface area contributed by atoms with Crippen molar-refractivity contribution in [1.82, 2.24) is 9.80 Å². The van der Waals surface area contributed by atoms with Crippen LogP contribution in [0.4, 0.5) is 0 Å². The van der Waals surface area contributed by atoms with Crippen molar-refractivity contribution in [3.8, 4) is 11.5 Å². The van der Waals surface area contributed by atoms with Crippen molar-refractivity contribution in [1.29, 1.82) is 0 Å². The Morgan fingerprint density at radius 2 is 1.79 bits per heavy atom. The lowest BCUT2D eigenvalue weighted by molar-refractivity contribution is 0.0709. The summed E-state index contributed by atoms with van der Waals surface area (Å²) in [4.78, 5) is 19.0. The molecule has 6 heteroatoms. The van der Waals surface area contributed by atoms with Crippen molar-refractivity contribution in [2.24, 2.45) is 11.3 Å². The summed E-state index contributed by atoms with van der Waals surface area (Å²) in [6.45, 7) is 9.83. The minimum absolute atomic E-state index is 0.0973. The highest BCUT2D eigenvalue weighted by molar-refractivity contribution is 7.98. The van der Waals surface area contributed by atoms with Crippen LogP contribution in [0.5, 0.6) is 11.5 Å². The fraction of sp³-hybridized carbons (Fsp3) is 0.536. The minimum atomic E-state index is 0.0973. The molecule has 1 amide bonds. The molecule has 2 heterocycles. The molecule has 0 radical (unpaired) electrons. The number of benzene rings is 2. The number of nitrogens with zero attached hydrogens (tertiary/aromatic N) is 2. The second-order valence-electron chi connectivity index (χ2n) is 10.1. The molecule has 1 spiro atoms. The van der Waals surface area contributed by atoms with Gasteiger partial charge in [-0.1, -0.05) is 32.0 Å². The number of ether oxygens (including phenoxy) is 2. The Morgan fingerprint density at radius 1 is 1.06 bits per heavy atom. The van der Waals surface area contributed by atoms with Gasteiger partial charge in [0.05, 0.1) is 19.3 Å². The molecule has 4 rings (SSSR count). The van der Waals surface area contributed by atoms with Crippen LogP contribution in [0.15, 0.2) is 47.4 Å². The van der Waals surface area contributed by atoms with Gasteiger partial charge in [-0.05, 0) is 74.2 Å². The summed E-state index contributed by atoms with van der Waals surface area (Å²) < 4.78 is 11.6. The van der Waals surface area contributed by atoms with E-state index in [0.29, 0.717) is 17.2 Å². The van der Waals surface area contributed by atoms with Gasteiger partial charge in [0, 0.05) is 30.1 Å². The van der Waals surface area contributed by atoms with E-state index in [9.17, 15) is 4.79 Å². The van der Waals surface area contributed by atoms with E-state index in [4.69, 9.17) is 9.47 Å². The molecular formula is C28H38N2O3S. The van der Waals surface area contributed by atoms with Crippen molar-refractivity contribution < 1.29 is 14.3 Å². The van der Waals surface area contributed by atoms with Gasteiger partial charge in [-0.25, -0.2) is 0 Å². The number of piperidine rings is 1. The average molecular weight is 483 g/mol. The predicted octanol–water partition coefficient (Wildman–Crippen LogP) is 5.58. The average Bonchev–Trinajstić information content (AvgIpc) is 3.27. The lowest BCUT2D eigenvalue weighted by Crippen LogP contribution is -2.42. The molecule has 0 aromatic heterocycles. The van der Waals surface area contributed by atoms with E-state index in [2.05, 4.69) is 43.0 Å². The summed E-state index contributed by atoms with van der Waals surface area (Å²) in [6, 6.07) is 14.3. The van der Waals surface area contributed by atoms with Gasteiger partial charge in [0.1, 0.15) is 11.5 Å². The van der Waals surface area contributed by atoms with Gasteiger partial charge < -0.3 is 14.4 Å². The van der Waals surface area contributed by atoms with Gasteiger partial charge in [0.15, 0.2) is 0 Å². The summed E-state index contributed by atoms with van der Waals surface area (Å²) in [7, 11) is 1.64. The molecule has 2 saturated heterocycles. The smallest absolute Gasteiger partial charge is 0.257 e. The first-order valence-electron chi connectivity index (χ1n) is 12.4. The van der Waals surface area contributed by atoms with Gasteiger partial charge in [-0.3, -0.25) is 9.69 Å². The number of amides is 1. The third kappa shape index (κ3) is 5.72. The monoisotopic (exact) mass is 482 g/mol. The van der Waals surface area contributed by atoms with Crippen LogP contribution < -0.4 is 9.47 Å². The molecule has 0 atom stereocenters. The molecule has 0 bridgehead atoms. The Bertz CT molecular complexity index is 985. The number of hydrogen-bond donors (Lipinski definition) is 0. The zero-order valence-corrected chi connectivity index (χ0v) is 21.8. The normalized spacial score (nSPS) is 18.0. The van der Waals surface area contributed by atoms with Crippen LogP contribution in [0.1, 0.15) is 49.0 Å². The number of carbonyl (C=O) groups is 1. The summed E-state index contributed by atoms with van der Waals surface area (Å²) in [5.74, 6) is 2.29. The standard InChI is InChI=1S/C28H38N2O3S/c1-21(2)19-33-25-8-6-5-7-22(25)18-29-14-11-28(12-15-29)13-16-30(20-28)27(31)24-10-9-23(34-4)17-26(24)32-3/h5-10,17,21H,11-16,18-20H2,1-4H3. The first-order valence-corrected chi connectivity index (χ1v) is 13.6. The molecule has 34 heavy (non-hydrogen) atoms. The molecule has 184 valence electrons. The SMILES string of the molecule is COc1cc(SC)ccc1C(=O)N1CCC2(CCN(Cc3ccccc3OCC(C)C)CC2)C1. The van der Waals surface area contributed by atoms with Gasteiger partial charge in [-0.15, -0.1) is 11.8 Å². The molecular weight excluding hydrogens is 444 g/mol. The number of methoxy groups -OCH3 is 1. The largest absolute Gasteiger partial charge is 0.496 e. The van der Waals surface area contributed by atoms with Crippen molar-refractivity contribution >= 4 is 17.7 Å². The van der Waals surface area contributed by atoms with Gasteiger partial charge in [-0.2, -0.15) is 0 Å². The molecule has 0 N–H and O–H groups in total. The lowest BCUT2D eigenvalue weighted by Gasteiger charge is -2.39. The Hall–Kier alpha value is -2.18. The molecule has 0 aliphatic carbocycles. The fourth-order valence-corrected chi connectivity index (χ4v) is 5.55. The highest BCUT2D eigenvalue weighted by atomic mass is 32.2. The molecule has 2 aromatic carbocycles. The van der Waals surface area contributed by atoms with E-state index in [-0.39, 0.29) is 11.3 Å². The van der Waals surface area contributed by atoms with Gasteiger partial charge in [0.2, 0.25) is 0 Å². The third-order valence-electron chi connectivity index (χ3n) is 7.22. The minimum Gasteiger partial charge on any atom is -0.496 e. The number of carbonyl (C=O) groups excluding carboxylic acids is 1. The maximum absolute atomic E-state index is 13.3. The van der Waals surface area contributed by atoms with Gasteiger partial charge >= 0.3 is 0 Å². The summed E-state index contributed by atoms with van der Waals surface area (Å²) >= 11 is 1.66. The number of thioether (sulfide) groups is 1. The number of rotatable bonds is 8. The predicted molar refractivity (Wildman–Crippen MR) is 139 cm³/mol. The van der Waals surface area contributed by atoms with Gasteiger partial charge in [0.25, 0.3) is 5.91 Å². The first-order chi connectivity index (χ1) is 16.4. The highest BCUT2D eigenvalue weighted by Crippen LogP contribution is 2.42. The molecule has 2 aromatic rings. The second kappa shape index (κ2) is 11.0. The van der Waals surface area contributed by atoms with E-state index in [1.165, 1.54) is 5.56 Å². The Balaban J connectivity index is 1.35. The molecule has 2 aliphatic rings. The Labute approximate surface area is 208 Å². The summed E-state index contributed by atoms with van der Waals surface area (Å²) in [5, 5.41) is 0. The van der Waals surface area contributed by atoms with E-state index in [1.54, 1.807) is 18.9 Å². The van der Waals surface area contributed by atoms with E-state index < -0.39 is 0 Å². The molecule has 2 aliphatic heterocycles. The number of hydrogen-bond acceptors (Lipinski definition) is 5. The Kier molecular flexibility index (Phi) is 8.10. The fourth-order valence-electron chi connectivity index (χ4n) is 5.12. The van der Waals surface area contributed by atoms with Crippen LogP contribution in [-0.4, -0.2) is 61.9 Å². The number of likely N-dealkylation sites (tertiary alicyclic amines) is 2. The van der Waals surface area contributed by atoms with E-state index >= 15 is 0 Å². The zero-order valence-electron chi connectivity index (χ0n) is 21.0. The van der Waals surface area contributed by atoms with Crippen molar-refractivity contribution in [3.05, 3.63) is 53.6 Å². The van der Waals surface area contributed by atoms with Crippen LogP contribution in [0.2, 0.25) is 0 Å². The van der Waals surface area contributed by atoms with Crippen LogP contribution in [-0.2, 0) is 6.54 Å². The van der Waals surface area contributed by atoms with Crippen LogP contribution in [0.3, 0.4) is 0 Å². The lowest BCUT2D eigenvalue weighted by atomic mass is 9.77. The second-order valence-corrected chi connectivity index (χ2v) is 11.0. The topological polar surface area (TPSA) is 42.0 Å². The maximum atomic E-state index is 13.3. The van der Waals surface area contributed by atoms with Crippen LogP contribution in [0.25, 0.3) is 0 Å². The highest BCUT2D eigenvalue weighted by Gasteiger charge is 2.42. The molecule has 2 fully saturated rings. The number of para-hydroxylation sites is 1. The van der Waals surface area contributed by atoms with Crippen LogP contribution >= 0.6 is 11.8 Å².